The maximum Gasteiger partial charge on any atom is 0.0324 e. The molecule has 0 aromatic heterocycles. The number of nitrogens with zero attached hydrogens (tertiary/aromatic N) is 1. The van der Waals surface area contributed by atoms with E-state index in [9.17, 15) is 0 Å². The molecular weight excluding hydrogens is 124 g/mol. The van der Waals surface area contributed by atoms with Gasteiger partial charge in [-0.15, -0.1) is 0 Å². The molecule has 1 rings (SSSR count). The van der Waals surface area contributed by atoms with E-state index in [1.54, 1.807) is 0 Å². The van der Waals surface area contributed by atoms with Gasteiger partial charge in [-0.1, -0.05) is 0 Å². The molecule has 2 nitrogen and oxygen atoms in total. The van der Waals surface area contributed by atoms with E-state index in [0.717, 1.165) is 6.54 Å². The molecule has 10 heavy (non-hydrogen) atoms. The summed E-state index contributed by atoms with van der Waals surface area (Å²) in [6.07, 6.45) is 0. The first kappa shape index (κ1) is 8.02. The fourth-order valence-electron chi connectivity index (χ4n) is 1.52. The molecule has 0 radical (unpaired) electrons. The van der Waals surface area contributed by atoms with Crippen molar-refractivity contribution in [1.29, 1.82) is 0 Å². The summed E-state index contributed by atoms with van der Waals surface area (Å²) in [6, 6.07) is 0.972. The normalized spacial score (nSPS) is 35.7. The zero-order valence-electron chi connectivity index (χ0n) is 7.39. The lowest BCUT2D eigenvalue weighted by Crippen LogP contribution is -2.68. The molecule has 0 aromatic rings. The molecule has 1 aliphatic rings. The lowest BCUT2D eigenvalue weighted by atomic mass is 9.91. The highest BCUT2D eigenvalue weighted by Gasteiger charge is 2.38. The number of likely N-dealkylation sites (tertiary alicyclic amines) is 1. The molecule has 0 saturated carbocycles. The van der Waals surface area contributed by atoms with Crippen LogP contribution < -0.4 is 5.73 Å². The van der Waals surface area contributed by atoms with Crippen molar-refractivity contribution in [3.8, 4) is 0 Å². The van der Waals surface area contributed by atoms with Crippen molar-refractivity contribution in [3.63, 3.8) is 0 Å². The number of hydrogen-bond donors (Lipinski definition) is 1. The summed E-state index contributed by atoms with van der Waals surface area (Å²) in [4.78, 5) is 2.43. The van der Waals surface area contributed by atoms with E-state index < -0.39 is 0 Å². The highest BCUT2D eigenvalue weighted by Crippen LogP contribution is 2.25. The van der Waals surface area contributed by atoms with Crippen molar-refractivity contribution in [2.45, 2.75) is 45.3 Å². The van der Waals surface area contributed by atoms with Gasteiger partial charge in [-0.3, -0.25) is 4.90 Å². The van der Waals surface area contributed by atoms with Gasteiger partial charge >= 0.3 is 0 Å². The van der Waals surface area contributed by atoms with Crippen LogP contribution >= 0.6 is 0 Å². The molecule has 1 saturated heterocycles. The highest BCUT2D eigenvalue weighted by molar-refractivity contribution is 4.97. The summed E-state index contributed by atoms with van der Waals surface area (Å²) in [5, 5.41) is 0. The molecule has 2 heteroatoms. The lowest BCUT2D eigenvalue weighted by Gasteiger charge is -2.52. The van der Waals surface area contributed by atoms with Gasteiger partial charge in [-0.2, -0.15) is 0 Å². The Hall–Kier alpha value is -0.0800. The molecule has 1 heterocycles. The summed E-state index contributed by atoms with van der Waals surface area (Å²) < 4.78 is 0. The highest BCUT2D eigenvalue weighted by atomic mass is 15.3. The van der Waals surface area contributed by atoms with Gasteiger partial charge in [0, 0.05) is 24.2 Å². The molecule has 0 aromatic carbocycles. The monoisotopic (exact) mass is 142 g/mol. The van der Waals surface area contributed by atoms with Crippen molar-refractivity contribution >= 4 is 0 Å². The third-order valence-corrected chi connectivity index (χ3v) is 2.38. The van der Waals surface area contributed by atoms with Crippen LogP contribution in [-0.2, 0) is 0 Å². The third-order valence-electron chi connectivity index (χ3n) is 2.38. The maximum absolute atomic E-state index is 5.77. The predicted molar refractivity (Wildman–Crippen MR) is 43.9 cm³/mol. The standard InChI is InChI=1S/C8H18N2/c1-6-7(9)5-10(6)8(2,3)4/h6-7H,5,9H2,1-4H3. The minimum atomic E-state index is 0.301. The van der Waals surface area contributed by atoms with Crippen LogP contribution in [0.4, 0.5) is 0 Å². The predicted octanol–water partition coefficient (Wildman–Crippen LogP) is 0.816. The molecular formula is C8H18N2. The number of nitrogens with two attached hydrogens (primary N) is 1. The Bertz CT molecular complexity index is 126. The Kier molecular flexibility index (Phi) is 1.77. The van der Waals surface area contributed by atoms with E-state index in [0.29, 0.717) is 17.6 Å². The minimum Gasteiger partial charge on any atom is -0.325 e. The molecule has 1 fully saturated rings. The third kappa shape index (κ3) is 1.18. The SMILES string of the molecule is CC1C(N)CN1C(C)(C)C. The summed E-state index contributed by atoms with van der Waals surface area (Å²) >= 11 is 0. The molecule has 2 unspecified atom stereocenters. The van der Waals surface area contributed by atoms with Gasteiger partial charge < -0.3 is 5.73 Å². The van der Waals surface area contributed by atoms with Gasteiger partial charge in [0.15, 0.2) is 0 Å². The fraction of sp³-hybridized carbons (Fsp3) is 1.00. The zero-order chi connectivity index (χ0) is 7.94. The first-order valence-electron chi connectivity index (χ1n) is 3.95. The minimum absolute atomic E-state index is 0.301. The van der Waals surface area contributed by atoms with Crippen molar-refractivity contribution in [2.24, 2.45) is 5.73 Å². The summed E-state index contributed by atoms with van der Waals surface area (Å²) in [7, 11) is 0. The Morgan fingerprint density at radius 1 is 1.40 bits per heavy atom. The largest absolute Gasteiger partial charge is 0.325 e. The van der Waals surface area contributed by atoms with Crippen LogP contribution in [0.2, 0.25) is 0 Å². The Morgan fingerprint density at radius 2 is 1.90 bits per heavy atom. The van der Waals surface area contributed by atoms with E-state index in [4.69, 9.17) is 5.73 Å². The molecule has 0 spiro atoms. The van der Waals surface area contributed by atoms with Crippen LogP contribution in [0.25, 0.3) is 0 Å². The van der Waals surface area contributed by atoms with Gasteiger partial charge in [0.25, 0.3) is 0 Å². The molecule has 60 valence electrons. The van der Waals surface area contributed by atoms with E-state index in [2.05, 4.69) is 32.6 Å². The molecule has 2 atom stereocenters. The van der Waals surface area contributed by atoms with E-state index in [1.165, 1.54) is 0 Å². The second kappa shape index (κ2) is 2.21. The van der Waals surface area contributed by atoms with Crippen LogP contribution in [0.15, 0.2) is 0 Å². The molecule has 0 aliphatic carbocycles. The Balaban J connectivity index is 2.48. The first-order chi connectivity index (χ1) is 4.43. The second-order valence-corrected chi connectivity index (χ2v) is 4.23. The molecule has 0 bridgehead atoms. The Labute approximate surface area is 63.4 Å². The fourth-order valence-corrected chi connectivity index (χ4v) is 1.52. The van der Waals surface area contributed by atoms with Crippen molar-refractivity contribution < 1.29 is 0 Å². The van der Waals surface area contributed by atoms with E-state index in [-0.39, 0.29) is 0 Å². The molecule has 1 aliphatic heterocycles. The van der Waals surface area contributed by atoms with E-state index in [1.807, 2.05) is 0 Å². The second-order valence-electron chi connectivity index (χ2n) is 4.23. The summed E-state index contributed by atoms with van der Waals surface area (Å²) in [6.45, 7) is 9.95. The average Bonchev–Trinajstić information content (AvgIpc) is 1.79. The maximum atomic E-state index is 5.77. The molecule has 2 N–H and O–H groups in total. The van der Waals surface area contributed by atoms with Gasteiger partial charge in [0.2, 0.25) is 0 Å². The first-order valence-corrected chi connectivity index (χ1v) is 3.95. The smallest absolute Gasteiger partial charge is 0.0324 e. The van der Waals surface area contributed by atoms with Crippen LogP contribution in [0.1, 0.15) is 27.7 Å². The Morgan fingerprint density at radius 3 is 2.00 bits per heavy atom. The van der Waals surface area contributed by atoms with E-state index >= 15 is 0 Å². The quantitative estimate of drug-likeness (QED) is 0.542. The number of rotatable bonds is 0. The van der Waals surface area contributed by atoms with Crippen molar-refractivity contribution in [3.05, 3.63) is 0 Å². The zero-order valence-corrected chi connectivity index (χ0v) is 7.39. The average molecular weight is 142 g/mol. The van der Waals surface area contributed by atoms with Crippen LogP contribution in [-0.4, -0.2) is 29.1 Å². The van der Waals surface area contributed by atoms with Gasteiger partial charge in [-0.05, 0) is 27.7 Å². The van der Waals surface area contributed by atoms with Crippen LogP contribution in [0, 0.1) is 0 Å². The van der Waals surface area contributed by atoms with Crippen LogP contribution in [0.3, 0.4) is 0 Å². The molecule has 0 amide bonds. The van der Waals surface area contributed by atoms with Gasteiger partial charge in [0.05, 0.1) is 0 Å². The topological polar surface area (TPSA) is 29.3 Å². The van der Waals surface area contributed by atoms with Crippen LogP contribution in [0.5, 0.6) is 0 Å². The van der Waals surface area contributed by atoms with Gasteiger partial charge in [-0.25, -0.2) is 0 Å². The van der Waals surface area contributed by atoms with Gasteiger partial charge in [0.1, 0.15) is 0 Å². The lowest BCUT2D eigenvalue weighted by molar-refractivity contribution is -0.00759. The van der Waals surface area contributed by atoms with Crippen molar-refractivity contribution in [2.75, 3.05) is 6.54 Å². The summed E-state index contributed by atoms with van der Waals surface area (Å²) in [5.41, 5.74) is 6.07. The summed E-state index contributed by atoms with van der Waals surface area (Å²) in [5.74, 6) is 0. The van der Waals surface area contributed by atoms with Crippen molar-refractivity contribution in [1.82, 2.24) is 4.90 Å². The number of hydrogen-bond acceptors (Lipinski definition) is 2.